The molecular formula is C29H29FN2O4S. The summed E-state index contributed by atoms with van der Waals surface area (Å²) in [4.78, 5) is 11.7. The zero-order chi connectivity index (χ0) is 26.2. The summed E-state index contributed by atoms with van der Waals surface area (Å²) in [6.07, 6.45) is 3.52. The summed E-state index contributed by atoms with van der Waals surface area (Å²) in [6, 6.07) is 18.8. The second kappa shape index (κ2) is 10.1. The summed E-state index contributed by atoms with van der Waals surface area (Å²) in [5.41, 5.74) is 3.73. The molecule has 0 amide bonds. The van der Waals surface area contributed by atoms with Gasteiger partial charge in [0.05, 0.1) is 17.5 Å². The molecule has 5 rings (SSSR count). The van der Waals surface area contributed by atoms with Crippen molar-refractivity contribution in [3.05, 3.63) is 84.3 Å². The van der Waals surface area contributed by atoms with Gasteiger partial charge in [-0.1, -0.05) is 24.3 Å². The lowest BCUT2D eigenvalue weighted by atomic mass is 9.96. The number of carbonyl (C=O) groups excluding carboxylic acids is 1. The maximum absolute atomic E-state index is 13.4. The van der Waals surface area contributed by atoms with Crippen LogP contribution in [0.4, 0.5) is 4.39 Å². The first-order valence-corrected chi connectivity index (χ1v) is 13.8. The van der Waals surface area contributed by atoms with Gasteiger partial charge in [-0.2, -0.15) is 4.31 Å². The lowest BCUT2D eigenvalue weighted by Crippen LogP contribution is -2.28. The van der Waals surface area contributed by atoms with Crippen molar-refractivity contribution in [1.29, 1.82) is 0 Å². The zero-order valence-corrected chi connectivity index (χ0v) is 21.6. The van der Waals surface area contributed by atoms with Crippen molar-refractivity contribution < 1.29 is 22.3 Å². The molecule has 0 aliphatic carbocycles. The number of sulfonamides is 1. The SMILES string of the molecule is CC(C)Oc1ccc(S(=O)(=O)N2CCC(c3cn(CC=O)c4cc(-c5ccc(F)cc5)ccc34)C2)cc1. The third-order valence-corrected chi connectivity index (χ3v) is 8.67. The number of benzene rings is 3. The third-order valence-electron chi connectivity index (χ3n) is 6.79. The molecule has 8 heteroatoms. The number of aromatic nitrogens is 1. The van der Waals surface area contributed by atoms with Gasteiger partial charge in [0.15, 0.2) is 0 Å². The quantitative estimate of drug-likeness (QED) is 0.283. The average molecular weight is 521 g/mol. The van der Waals surface area contributed by atoms with E-state index in [1.165, 1.54) is 16.4 Å². The minimum Gasteiger partial charge on any atom is -0.491 e. The average Bonchev–Trinajstić information content (AvgIpc) is 3.50. The number of fused-ring (bicyclic) bond motifs is 1. The monoisotopic (exact) mass is 520 g/mol. The summed E-state index contributed by atoms with van der Waals surface area (Å²) < 4.78 is 49.2. The van der Waals surface area contributed by atoms with Gasteiger partial charge in [0.25, 0.3) is 0 Å². The Morgan fingerprint density at radius 2 is 1.73 bits per heavy atom. The van der Waals surface area contributed by atoms with E-state index in [4.69, 9.17) is 4.74 Å². The van der Waals surface area contributed by atoms with Gasteiger partial charge in [-0.25, -0.2) is 12.8 Å². The molecule has 3 aromatic carbocycles. The van der Waals surface area contributed by atoms with Gasteiger partial charge in [0.1, 0.15) is 17.9 Å². The summed E-state index contributed by atoms with van der Waals surface area (Å²) >= 11 is 0. The van der Waals surface area contributed by atoms with E-state index in [0.717, 1.165) is 33.9 Å². The number of hydrogen-bond acceptors (Lipinski definition) is 4. The molecule has 6 nitrogen and oxygen atoms in total. The first-order valence-electron chi connectivity index (χ1n) is 12.4. The van der Waals surface area contributed by atoms with Crippen molar-refractivity contribution in [2.75, 3.05) is 13.1 Å². The lowest BCUT2D eigenvalue weighted by molar-refractivity contribution is -0.108. The Kier molecular flexibility index (Phi) is 6.88. The molecule has 0 radical (unpaired) electrons. The molecule has 0 spiro atoms. The molecule has 1 atom stereocenters. The maximum Gasteiger partial charge on any atom is 0.243 e. The van der Waals surface area contributed by atoms with Crippen LogP contribution in [0.5, 0.6) is 5.75 Å². The number of ether oxygens (including phenoxy) is 1. The molecule has 1 aliphatic rings. The molecule has 0 N–H and O–H groups in total. The largest absolute Gasteiger partial charge is 0.491 e. The Bertz CT molecular complexity index is 1530. The van der Waals surface area contributed by atoms with Crippen LogP contribution < -0.4 is 4.74 Å². The number of nitrogens with zero attached hydrogens (tertiary/aromatic N) is 2. The fourth-order valence-corrected chi connectivity index (χ4v) is 6.51. The molecule has 2 heterocycles. The summed E-state index contributed by atoms with van der Waals surface area (Å²) in [5.74, 6) is 0.346. The smallest absolute Gasteiger partial charge is 0.243 e. The summed E-state index contributed by atoms with van der Waals surface area (Å²) in [6.45, 7) is 4.83. The highest BCUT2D eigenvalue weighted by molar-refractivity contribution is 7.89. The van der Waals surface area contributed by atoms with Gasteiger partial charge in [0, 0.05) is 36.1 Å². The maximum atomic E-state index is 13.4. The Morgan fingerprint density at radius 3 is 2.41 bits per heavy atom. The van der Waals surface area contributed by atoms with Crippen LogP contribution in [-0.4, -0.2) is 42.8 Å². The number of rotatable bonds is 8. The fraction of sp³-hybridized carbons (Fsp3) is 0.276. The van der Waals surface area contributed by atoms with Gasteiger partial charge in [-0.05, 0) is 79.4 Å². The van der Waals surface area contributed by atoms with E-state index in [-0.39, 0.29) is 29.3 Å². The van der Waals surface area contributed by atoms with E-state index in [1.807, 2.05) is 42.8 Å². The number of hydrogen-bond donors (Lipinski definition) is 0. The predicted octanol–water partition coefficient (Wildman–Crippen LogP) is 5.61. The fourth-order valence-electron chi connectivity index (χ4n) is 5.01. The highest BCUT2D eigenvalue weighted by Gasteiger charge is 2.34. The van der Waals surface area contributed by atoms with Crippen LogP contribution in [0.3, 0.4) is 0 Å². The number of carbonyl (C=O) groups is 1. The highest BCUT2D eigenvalue weighted by Crippen LogP contribution is 2.37. The van der Waals surface area contributed by atoms with E-state index in [9.17, 15) is 17.6 Å². The molecule has 0 bridgehead atoms. The predicted molar refractivity (Wildman–Crippen MR) is 142 cm³/mol. The van der Waals surface area contributed by atoms with Gasteiger partial charge in [0.2, 0.25) is 10.0 Å². The third kappa shape index (κ3) is 5.04. The number of halogens is 1. The Hall–Kier alpha value is -3.49. The zero-order valence-electron chi connectivity index (χ0n) is 20.8. The van der Waals surface area contributed by atoms with Crippen molar-refractivity contribution in [2.45, 2.75) is 43.7 Å². The molecule has 37 heavy (non-hydrogen) atoms. The number of aldehydes is 1. The van der Waals surface area contributed by atoms with Gasteiger partial charge < -0.3 is 14.1 Å². The van der Waals surface area contributed by atoms with Crippen LogP contribution >= 0.6 is 0 Å². The molecule has 1 saturated heterocycles. The van der Waals surface area contributed by atoms with Crippen LogP contribution in [-0.2, 0) is 21.4 Å². The molecular weight excluding hydrogens is 491 g/mol. The summed E-state index contributed by atoms with van der Waals surface area (Å²) in [5, 5.41) is 0.993. The molecule has 1 unspecified atom stereocenters. The second-order valence-corrected chi connectivity index (χ2v) is 11.6. The first kappa shape index (κ1) is 25.2. The van der Waals surface area contributed by atoms with Crippen LogP contribution in [0.25, 0.3) is 22.0 Å². The summed E-state index contributed by atoms with van der Waals surface area (Å²) in [7, 11) is -3.64. The van der Waals surface area contributed by atoms with Gasteiger partial charge in [-0.15, -0.1) is 0 Å². The van der Waals surface area contributed by atoms with E-state index < -0.39 is 10.0 Å². The standard InChI is InChI=1S/C29H29FN2O4S/c1-20(2)36-25-8-10-26(11-9-25)37(34,35)32-14-13-23(18-32)28-19-31(15-16-33)29-17-22(5-12-27(28)29)21-3-6-24(30)7-4-21/h3-12,16-17,19-20,23H,13-15,18H2,1-2H3. The van der Waals surface area contributed by atoms with Crippen LogP contribution in [0, 0.1) is 5.82 Å². The topological polar surface area (TPSA) is 68.6 Å². The van der Waals surface area contributed by atoms with Gasteiger partial charge >= 0.3 is 0 Å². The second-order valence-electron chi connectivity index (χ2n) is 9.63. The van der Waals surface area contributed by atoms with E-state index in [1.54, 1.807) is 36.4 Å². The van der Waals surface area contributed by atoms with Crippen LogP contribution in [0.2, 0.25) is 0 Å². The highest BCUT2D eigenvalue weighted by atomic mass is 32.2. The van der Waals surface area contributed by atoms with Crippen molar-refractivity contribution in [3.63, 3.8) is 0 Å². The van der Waals surface area contributed by atoms with Crippen LogP contribution in [0.15, 0.2) is 77.8 Å². The van der Waals surface area contributed by atoms with Crippen molar-refractivity contribution >= 4 is 27.2 Å². The Balaban J connectivity index is 1.42. The van der Waals surface area contributed by atoms with Crippen molar-refractivity contribution in [3.8, 4) is 16.9 Å². The van der Waals surface area contributed by atoms with Crippen LogP contribution in [0.1, 0.15) is 31.7 Å². The molecule has 0 saturated carbocycles. The van der Waals surface area contributed by atoms with E-state index in [2.05, 4.69) is 0 Å². The molecule has 4 aromatic rings. The molecule has 1 fully saturated rings. The Labute approximate surface area is 216 Å². The van der Waals surface area contributed by atoms with E-state index >= 15 is 0 Å². The first-order chi connectivity index (χ1) is 17.8. The minimum absolute atomic E-state index is 0.00500. The van der Waals surface area contributed by atoms with Gasteiger partial charge in [-0.3, -0.25) is 0 Å². The van der Waals surface area contributed by atoms with Crippen molar-refractivity contribution in [1.82, 2.24) is 8.87 Å². The molecule has 1 aromatic heterocycles. The minimum atomic E-state index is -3.64. The molecule has 192 valence electrons. The van der Waals surface area contributed by atoms with E-state index in [0.29, 0.717) is 25.3 Å². The lowest BCUT2D eigenvalue weighted by Gasteiger charge is -2.17. The Morgan fingerprint density at radius 1 is 1.03 bits per heavy atom. The van der Waals surface area contributed by atoms with Crippen molar-refractivity contribution in [2.24, 2.45) is 0 Å². The molecule has 1 aliphatic heterocycles. The normalized spacial score (nSPS) is 16.5.